The molecule has 2 rings (SSSR count). The Morgan fingerprint density at radius 2 is 2.31 bits per heavy atom. The Labute approximate surface area is 99.1 Å². The molecule has 0 atom stereocenters. The Bertz CT molecular complexity index is 433. The summed E-state index contributed by atoms with van der Waals surface area (Å²) in [5.74, 6) is 0. The zero-order valence-corrected chi connectivity index (χ0v) is 10.4. The number of nitrogens with zero attached hydrogens (tertiary/aromatic N) is 2. The summed E-state index contributed by atoms with van der Waals surface area (Å²) in [6.45, 7) is 5.95. The molecule has 16 heavy (non-hydrogen) atoms. The molecule has 0 aliphatic rings. The minimum atomic E-state index is 0.844. The van der Waals surface area contributed by atoms with E-state index in [-0.39, 0.29) is 0 Å². The van der Waals surface area contributed by atoms with E-state index >= 15 is 0 Å². The van der Waals surface area contributed by atoms with E-state index in [1.54, 1.807) is 17.5 Å². The number of thiazole rings is 1. The number of hydrogen-bond acceptors (Lipinski definition) is 4. The molecule has 5 heteroatoms. The van der Waals surface area contributed by atoms with Crippen LogP contribution in [-0.2, 0) is 13.0 Å². The van der Waals surface area contributed by atoms with Gasteiger partial charge in [-0.3, -0.25) is 5.10 Å². The molecule has 0 unspecified atom stereocenters. The van der Waals surface area contributed by atoms with E-state index in [9.17, 15) is 0 Å². The summed E-state index contributed by atoms with van der Waals surface area (Å²) in [5, 5.41) is 11.4. The van der Waals surface area contributed by atoms with E-state index in [4.69, 9.17) is 0 Å². The number of hydrogen-bond donors (Lipinski definition) is 2. The van der Waals surface area contributed by atoms with Crippen molar-refractivity contribution in [3.8, 4) is 0 Å². The molecule has 0 saturated carbocycles. The SMILES string of the molecule is Cc1nc(C)c(CCNCc2ccn[nH]2)s1. The van der Waals surface area contributed by atoms with E-state index in [1.165, 1.54) is 10.6 Å². The summed E-state index contributed by atoms with van der Waals surface area (Å²) in [6, 6.07) is 1.98. The minimum Gasteiger partial charge on any atom is -0.311 e. The first-order valence-electron chi connectivity index (χ1n) is 5.37. The summed E-state index contributed by atoms with van der Waals surface area (Å²) < 4.78 is 0. The van der Waals surface area contributed by atoms with Crippen molar-refractivity contribution < 1.29 is 0 Å². The summed E-state index contributed by atoms with van der Waals surface area (Å²) in [5.41, 5.74) is 2.29. The maximum Gasteiger partial charge on any atom is 0.0900 e. The van der Waals surface area contributed by atoms with Crippen LogP contribution in [0.4, 0.5) is 0 Å². The van der Waals surface area contributed by atoms with Crippen molar-refractivity contribution >= 4 is 11.3 Å². The quantitative estimate of drug-likeness (QED) is 0.779. The Hall–Kier alpha value is -1.20. The third-order valence-electron chi connectivity index (χ3n) is 2.40. The number of H-pyrrole nitrogens is 1. The summed E-state index contributed by atoms with van der Waals surface area (Å²) >= 11 is 1.79. The Morgan fingerprint density at radius 1 is 1.44 bits per heavy atom. The smallest absolute Gasteiger partial charge is 0.0900 e. The lowest BCUT2D eigenvalue weighted by Gasteiger charge is -2.01. The number of aryl methyl sites for hydroxylation is 2. The lowest BCUT2D eigenvalue weighted by molar-refractivity contribution is 0.674. The van der Waals surface area contributed by atoms with Gasteiger partial charge in [0.2, 0.25) is 0 Å². The third kappa shape index (κ3) is 2.90. The van der Waals surface area contributed by atoms with Gasteiger partial charge in [0.1, 0.15) is 0 Å². The molecule has 2 N–H and O–H groups in total. The molecule has 0 amide bonds. The molecule has 0 aromatic carbocycles. The van der Waals surface area contributed by atoms with Crippen molar-refractivity contribution in [1.82, 2.24) is 20.5 Å². The standard InChI is InChI=1S/C11H16N4S/c1-8-11(16-9(2)14-8)4-5-12-7-10-3-6-13-15-10/h3,6,12H,4-5,7H2,1-2H3,(H,13,15). The van der Waals surface area contributed by atoms with Gasteiger partial charge in [0.05, 0.1) is 10.7 Å². The van der Waals surface area contributed by atoms with Crippen LogP contribution in [0.2, 0.25) is 0 Å². The zero-order chi connectivity index (χ0) is 11.4. The molecule has 0 aliphatic carbocycles. The van der Waals surface area contributed by atoms with Gasteiger partial charge in [0.15, 0.2) is 0 Å². The van der Waals surface area contributed by atoms with Crippen LogP contribution in [0.15, 0.2) is 12.3 Å². The topological polar surface area (TPSA) is 53.6 Å². The lowest BCUT2D eigenvalue weighted by atomic mass is 10.3. The largest absolute Gasteiger partial charge is 0.311 e. The van der Waals surface area contributed by atoms with E-state index in [0.717, 1.165) is 30.2 Å². The van der Waals surface area contributed by atoms with Crippen LogP contribution in [0, 0.1) is 13.8 Å². The molecule has 4 nitrogen and oxygen atoms in total. The molecule has 2 aromatic rings. The Balaban J connectivity index is 1.74. The van der Waals surface area contributed by atoms with E-state index < -0.39 is 0 Å². The molecule has 0 bridgehead atoms. The van der Waals surface area contributed by atoms with Gasteiger partial charge in [0, 0.05) is 29.9 Å². The highest BCUT2D eigenvalue weighted by atomic mass is 32.1. The monoisotopic (exact) mass is 236 g/mol. The average molecular weight is 236 g/mol. The van der Waals surface area contributed by atoms with Crippen LogP contribution in [-0.4, -0.2) is 21.7 Å². The van der Waals surface area contributed by atoms with Crippen molar-refractivity contribution in [3.05, 3.63) is 33.5 Å². The lowest BCUT2D eigenvalue weighted by Crippen LogP contribution is -2.16. The van der Waals surface area contributed by atoms with Gasteiger partial charge in [-0.25, -0.2) is 4.98 Å². The third-order valence-corrected chi connectivity index (χ3v) is 3.53. The first kappa shape index (κ1) is 11.3. The Morgan fingerprint density at radius 3 is 2.94 bits per heavy atom. The first-order valence-corrected chi connectivity index (χ1v) is 6.19. The fraction of sp³-hybridized carbons (Fsp3) is 0.455. The van der Waals surface area contributed by atoms with Gasteiger partial charge >= 0.3 is 0 Å². The zero-order valence-electron chi connectivity index (χ0n) is 9.58. The van der Waals surface area contributed by atoms with Crippen molar-refractivity contribution in [2.45, 2.75) is 26.8 Å². The van der Waals surface area contributed by atoms with Crippen LogP contribution < -0.4 is 5.32 Å². The number of aromatic nitrogens is 3. The maximum absolute atomic E-state index is 4.41. The normalized spacial score (nSPS) is 10.9. The highest BCUT2D eigenvalue weighted by Gasteiger charge is 2.03. The van der Waals surface area contributed by atoms with Gasteiger partial charge < -0.3 is 5.32 Å². The predicted octanol–water partition coefficient (Wildman–Crippen LogP) is 1.82. The number of rotatable bonds is 5. The highest BCUT2D eigenvalue weighted by molar-refractivity contribution is 7.11. The van der Waals surface area contributed by atoms with Crippen LogP contribution in [0.3, 0.4) is 0 Å². The molecule has 0 radical (unpaired) electrons. The van der Waals surface area contributed by atoms with Crippen molar-refractivity contribution in [2.75, 3.05) is 6.54 Å². The van der Waals surface area contributed by atoms with E-state index in [0.29, 0.717) is 0 Å². The molecule has 0 aliphatic heterocycles. The van der Waals surface area contributed by atoms with Crippen molar-refractivity contribution in [2.24, 2.45) is 0 Å². The van der Waals surface area contributed by atoms with E-state index in [1.807, 2.05) is 6.07 Å². The van der Waals surface area contributed by atoms with E-state index in [2.05, 4.69) is 34.3 Å². The number of aromatic amines is 1. The second-order valence-electron chi connectivity index (χ2n) is 3.75. The first-order chi connectivity index (χ1) is 7.75. The molecular formula is C11H16N4S. The summed E-state index contributed by atoms with van der Waals surface area (Å²) in [4.78, 5) is 5.80. The summed E-state index contributed by atoms with van der Waals surface area (Å²) in [7, 11) is 0. The van der Waals surface area contributed by atoms with Gasteiger partial charge in [-0.2, -0.15) is 5.10 Å². The molecule has 2 heterocycles. The van der Waals surface area contributed by atoms with Crippen LogP contribution >= 0.6 is 11.3 Å². The fourth-order valence-electron chi connectivity index (χ4n) is 1.61. The molecule has 0 spiro atoms. The maximum atomic E-state index is 4.41. The van der Waals surface area contributed by atoms with Gasteiger partial charge in [-0.1, -0.05) is 0 Å². The average Bonchev–Trinajstić information content (AvgIpc) is 2.84. The Kier molecular flexibility index (Phi) is 3.69. The van der Waals surface area contributed by atoms with Gasteiger partial charge in [-0.15, -0.1) is 11.3 Å². The molecule has 86 valence electrons. The second-order valence-corrected chi connectivity index (χ2v) is 5.04. The predicted molar refractivity (Wildman–Crippen MR) is 65.6 cm³/mol. The molecule has 0 fully saturated rings. The van der Waals surface area contributed by atoms with Gasteiger partial charge in [0.25, 0.3) is 0 Å². The summed E-state index contributed by atoms with van der Waals surface area (Å²) in [6.07, 6.45) is 2.82. The fourth-order valence-corrected chi connectivity index (χ4v) is 2.55. The van der Waals surface area contributed by atoms with Crippen LogP contribution in [0.5, 0.6) is 0 Å². The van der Waals surface area contributed by atoms with Crippen LogP contribution in [0.25, 0.3) is 0 Å². The molecular weight excluding hydrogens is 220 g/mol. The number of nitrogens with one attached hydrogen (secondary N) is 2. The minimum absolute atomic E-state index is 0.844. The van der Waals surface area contributed by atoms with Crippen LogP contribution in [0.1, 0.15) is 21.3 Å². The van der Waals surface area contributed by atoms with Crippen molar-refractivity contribution in [3.63, 3.8) is 0 Å². The van der Waals surface area contributed by atoms with Crippen molar-refractivity contribution in [1.29, 1.82) is 0 Å². The molecule has 0 saturated heterocycles. The molecule has 2 aromatic heterocycles. The van der Waals surface area contributed by atoms with Gasteiger partial charge in [-0.05, 0) is 26.3 Å². The second kappa shape index (κ2) is 5.23. The highest BCUT2D eigenvalue weighted by Crippen LogP contribution is 2.16.